The van der Waals surface area contributed by atoms with Crippen LogP contribution in [0, 0.1) is 0 Å². The Bertz CT molecular complexity index is 938. The number of fused-ring (bicyclic) bond motifs is 2. The molecule has 3 aromatic rings. The molecule has 3 heterocycles. The van der Waals surface area contributed by atoms with Crippen LogP contribution in [0.4, 0.5) is 0 Å². The summed E-state index contributed by atoms with van der Waals surface area (Å²) in [6.45, 7) is 0.752. The van der Waals surface area contributed by atoms with E-state index in [1.807, 2.05) is 34.9 Å². The first-order valence-corrected chi connectivity index (χ1v) is 8.15. The maximum Gasteiger partial charge on any atom is 0.267 e. The van der Waals surface area contributed by atoms with Crippen LogP contribution in [-0.2, 0) is 19.4 Å². The maximum atomic E-state index is 12.2. The van der Waals surface area contributed by atoms with Gasteiger partial charge in [-0.05, 0) is 43.0 Å². The Morgan fingerprint density at radius 3 is 3.04 bits per heavy atom. The first kappa shape index (κ1) is 14.7. The van der Waals surface area contributed by atoms with Crippen molar-refractivity contribution in [2.45, 2.75) is 25.8 Å². The second-order valence-corrected chi connectivity index (χ2v) is 6.05. The van der Waals surface area contributed by atoms with E-state index in [2.05, 4.69) is 10.4 Å². The van der Waals surface area contributed by atoms with E-state index in [0.717, 1.165) is 36.0 Å². The highest BCUT2D eigenvalue weighted by molar-refractivity contribution is 5.95. The molecular weight excluding hydrogens is 304 g/mol. The number of rotatable bonds is 4. The fraction of sp³-hybridized carbons (Fsp3) is 0.278. The van der Waals surface area contributed by atoms with E-state index >= 15 is 0 Å². The van der Waals surface area contributed by atoms with Crippen LogP contribution >= 0.6 is 0 Å². The normalized spacial score (nSPS) is 13.2. The van der Waals surface area contributed by atoms with Gasteiger partial charge in [-0.3, -0.25) is 9.59 Å². The van der Waals surface area contributed by atoms with Gasteiger partial charge >= 0.3 is 0 Å². The molecule has 1 amide bonds. The molecular formula is C18H18N4O2. The van der Waals surface area contributed by atoms with Crippen molar-refractivity contribution in [3.8, 4) is 0 Å². The number of hydrogen-bond donors (Lipinski definition) is 1. The standard InChI is InChI=1S/C18H18N4O2/c23-17-11-13-4-3-6-16(13)20-22(17)9-7-19-18(24)14-10-15-5-1-2-8-21(15)12-14/h1-2,5,8,10-12H,3-4,6-7,9H2,(H,19,24). The summed E-state index contributed by atoms with van der Waals surface area (Å²) in [5, 5.41) is 7.26. The Morgan fingerprint density at radius 2 is 2.17 bits per heavy atom. The third kappa shape index (κ3) is 2.71. The fourth-order valence-electron chi connectivity index (χ4n) is 3.16. The molecule has 4 rings (SSSR count). The second-order valence-electron chi connectivity index (χ2n) is 6.05. The highest BCUT2D eigenvalue weighted by Crippen LogP contribution is 2.16. The van der Waals surface area contributed by atoms with Crippen LogP contribution in [-0.4, -0.2) is 26.6 Å². The van der Waals surface area contributed by atoms with Gasteiger partial charge in [-0.15, -0.1) is 0 Å². The number of pyridine rings is 1. The summed E-state index contributed by atoms with van der Waals surface area (Å²) in [4.78, 5) is 24.3. The van der Waals surface area contributed by atoms with Crippen LogP contribution in [0.3, 0.4) is 0 Å². The van der Waals surface area contributed by atoms with Crippen LogP contribution < -0.4 is 10.9 Å². The quantitative estimate of drug-likeness (QED) is 0.790. The second kappa shape index (κ2) is 5.96. The largest absolute Gasteiger partial charge is 0.350 e. The lowest BCUT2D eigenvalue weighted by atomic mass is 10.2. The lowest BCUT2D eigenvalue weighted by Crippen LogP contribution is -2.32. The molecule has 1 aliphatic carbocycles. The van der Waals surface area contributed by atoms with Crippen molar-refractivity contribution in [1.29, 1.82) is 0 Å². The Balaban J connectivity index is 1.42. The predicted octanol–water partition coefficient (Wildman–Crippen LogP) is 1.41. The monoisotopic (exact) mass is 322 g/mol. The molecule has 0 aromatic carbocycles. The van der Waals surface area contributed by atoms with Gasteiger partial charge in [0.25, 0.3) is 11.5 Å². The molecule has 1 aliphatic rings. The lowest BCUT2D eigenvalue weighted by Gasteiger charge is -2.07. The molecule has 3 aromatic heterocycles. The zero-order valence-corrected chi connectivity index (χ0v) is 13.2. The van der Waals surface area contributed by atoms with Gasteiger partial charge in [0, 0.05) is 30.5 Å². The third-order valence-electron chi connectivity index (χ3n) is 4.40. The van der Waals surface area contributed by atoms with E-state index in [-0.39, 0.29) is 11.5 Å². The Labute approximate surface area is 138 Å². The van der Waals surface area contributed by atoms with Gasteiger partial charge in [-0.25, -0.2) is 4.68 Å². The van der Waals surface area contributed by atoms with Crippen molar-refractivity contribution < 1.29 is 4.79 Å². The van der Waals surface area contributed by atoms with Gasteiger partial charge in [0.2, 0.25) is 0 Å². The number of carbonyl (C=O) groups is 1. The first-order valence-electron chi connectivity index (χ1n) is 8.15. The summed E-state index contributed by atoms with van der Waals surface area (Å²) in [5.74, 6) is -0.145. The number of nitrogens with zero attached hydrogens (tertiary/aromatic N) is 3. The highest BCUT2D eigenvalue weighted by atomic mass is 16.2. The molecule has 0 saturated carbocycles. The van der Waals surface area contributed by atoms with Gasteiger partial charge in [0.1, 0.15) is 0 Å². The molecule has 122 valence electrons. The van der Waals surface area contributed by atoms with Gasteiger partial charge in [-0.2, -0.15) is 5.10 Å². The zero-order valence-electron chi connectivity index (χ0n) is 13.2. The minimum Gasteiger partial charge on any atom is -0.350 e. The van der Waals surface area contributed by atoms with Gasteiger partial charge in [-0.1, -0.05) is 6.07 Å². The lowest BCUT2D eigenvalue weighted by molar-refractivity contribution is 0.0952. The van der Waals surface area contributed by atoms with E-state index < -0.39 is 0 Å². The Kier molecular flexibility index (Phi) is 3.65. The average molecular weight is 322 g/mol. The maximum absolute atomic E-state index is 12.2. The fourth-order valence-corrected chi connectivity index (χ4v) is 3.16. The summed E-state index contributed by atoms with van der Waals surface area (Å²) in [5.41, 5.74) is 3.56. The predicted molar refractivity (Wildman–Crippen MR) is 90.3 cm³/mol. The molecule has 0 bridgehead atoms. The molecule has 6 heteroatoms. The molecule has 0 radical (unpaired) electrons. The smallest absolute Gasteiger partial charge is 0.267 e. The Hall–Kier alpha value is -2.89. The molecule has 0 aliphatic heterocycles. The van der Waals surface area contributed by atoms with Crippen LogP contribution in [0.2, 0.25) is 0 Å². The van der Waals surface area contributed by atoms with Crippen molar-refractivity contribution in [3.63, 3.8) is 0 Å². The molecule has 0 fully saturated rings. The minimum absolute atomic E-state index is 0.0977. The van der Waals surface area contributed by atoms with E-state index in [0.29, 0.717) is 18.7 Å². The molecule has 0 unspecified atom stereocenters. The number of carbonyl (C=O) groups excluding carboxylic acids is 1. The SMILES string of the molecule is O=C(NCCn1nc2c(cc1=O)CCC2)c1cc2ccccn2c1. The molecule has 24 heavy (non-hydrogen) atoms. The number of aryl methyl sites for hydroxylation is 2. The van der Waals surface area contributed by atoms with Crippen molar-refractivity contribution in [3.05, 3.63) is 69.9 Å². The van der Waals surface area contributed by atoms with Crippen molar-refractivity contribution in [1.82, 2.24) is 19.5 Å². The van der Waals surface area contributed by atoms with Crippen LogP contribution in [0.25, 0.3) is 5.52 Å². The van der Waals surface area contributed by atoms with Gasteiger partial charge < -0.3 is 9.72 Å². The van der Waals surface area contributed by atoms with Gasteiger partial charge in [0.05, 0.1) is 17.8 Å². The molecule has 1 N–H and O–H groups in total. The zero-order chi connectivity index (χ0) is 16.5. The number of amides is 1. The summed E-state index contributed by atoms with van der Waals surface area (Å²) >= 11 is 0. The minimum atomic E-state index is -0.145. The van der Waals surface area contributed by atoms with E-state index in [1.54, 1.807) is 12.3 Å². The van der Waals surface area contributed by atoms with Crippen LogP contribution in [0.15, 0.2) is 47.5 Å². The molecule has 0 saturated heterocycles. The number of aromatic nitrogens is 3. The highest BCUT2D eigenvalue weighted by Gasteiger charge is 2.15. The summed E-state index contributed by atoms with van der Waals surface area (Å²) in [6, 6.07) is 9.32. The Morgan fingerprint density at radius 1 is 1.25 bits per heavy atom. The van der Waals surface area contributed by atoms with E-state index in [4.69, 9.17) is 0 Å². The van der Waals surface area contributed by atoms with Crippen molar-refractivity contribution in [2.24, 2.45) is 0 Å². The van der Waals surface area contributed by atoms with Crippen LogP contribution in [0.1, 0.15) is 28.0 Å². The summed E-state index contributed by atoms with van der Waals surface area (Å²) in [7, 11) is 0. The van der Waals surface area contributed by atoms with Crippen LogP contribution in [0.5, 0.6) is 0 Å². The average Bonchev–Trinajstić information content (AvgIpc) is 3.20. The number of hydrogen-bond acceptors (Lipinski definition) is 3. The van der Waals surface area contributed by atoms with E-state index in [9.17, 15) is 9.59 Å². The summed E-state index contributed by atoms with van der Waals surface area (Å²) in [6.07, 6.45) is 6.63. The summed E-state index contributed by atoms with van der Waals surface area (Å²) < 4.78 is 3.35. The molecule has 0 spiro atoms. The molecule has 6 nitrogen and oxygen atoms in total. The number of nitrogens with one attached hydrogen (secondary N) is 1. The third-order valence-corrected chi connectivity index (χ3v) is 4.40. The van der Waals surface area contributed by atoms with Crippen molar-refractivity contribution in [2.75, 3.05) is 6.54 Å². The molecule has 0 atom stereocenters. The van der Waals surface area contributed by atoms with Crippen molar-refractivity contribution >= 4 is 11.4 Å². The van der Waals surface area contributed by atoms with E-state index in [1.165, 1.54) is 4.68 Å². The first-order chi connectivity index (χ1) is 11.7. The topological polar surface area (TPSA) is 68.4 Å². The van der Waals surface area contributed by atoms with Gasteiger partial charge in [0.15, 0.2) is 0 Å².